The smallest absolute Gasteiger partial charge is 0.256 e. The van der Waals surface area contributed by atoms with Gasteiger partial charge in [0.1, 0.15) is 11.9 Å². The molecule has 2 rings (SSSR count). The molecule has 1 amide bonds. The minimum atomic E-state index is -0.909. The largest absolute Gasteiger partial charge is 0.369 e. The van der Waals surface area contributed by atoms with E-state index in [1.54, 1.807) is 19.9 Å². The van der Waals surface area contributed by atoms with E-state index in [1.165, 1.54) is 18.1 Å². The molecule has 0 aliphatic heterocycles. The number of aromatic nitrogens is 4. The SMILES string of the molecule is COC(C)(C)C(=O)Nc1ccccc1-n1cnnn1. The Morgan fingerprint density at radius 2 is 2.11 bits per heavy atom. The number of tetrazole rings is 1. The average molecular weight is 261 g/mol. The molecule has 0 unspecified atom stereocenters. The molecular weight excluding hydrogens is 246 g/mol. The molecule has 0 spiro atoms. The second-order valence-electron chi connectivity index (χ2n) is 4.44. The highest BCUT2D eigenvalue weighted by atomic mass is 16.5. The molecule has 0 aliphatic rings. The number of amides is 1. The Balaban J connectivity index is 2.29. The molecule has 7 heteroatoms. The van der Waals surface area contributed by atoms with E-state index in [2.05, 4.69) is 20.8 Å². The van der Waals surface area contributed by atoms with Crippen molar-refractivity contribution in [2.24, 2.45) is 0 Å². The fraction of sp³-hybridized carbons (Fsp3) is 0.333. The van der Waals surface area contributed by atoms with Crippen molar-refractivity contribution in [2.75, 3.05) is 12.4 Å². The van der Waals surface area contributed by atoms with Crippen molar-refractivity contribution in [2.45, 2.75) is 19.4 Å². The quantitative estimate of drug-likeness (QED) is 0.888. The van der Waals surface area contributed by atoms with Crippen molar-refractivity contribution in [3.63, 3.8) is 0 Å². The molecule has 0 fully saturated rings. The summed E-state index contributed by atoms with van der Waals surface area (Å²) < 4.78 is 6.62. The molecular formula is C12H15N5O2. The number of rotatable bonds is 4. The maximum Gasteiger partial charge on any atom is 0.256 e. The molecule has 0 bridgehead atoms. The number of hydrogen-bond acceptors (Lipinski definition) is 5. The zero-order valence-corrected chi connectivity index (χ0v) is 11.0. The number of hydrogen-bond donors (Lipinski definition) is 1. The number of benzene rings is 1. The Bertz CT molecular complexity index is 565. The van der Waals surface area contributed by atoms with Gasteiger partial charge in [0.2, 0.25) is 0 Å². The zero-order valence-electron chi connectivity index (χ0n) is 11.0. The summed E-state index contributed by atoms with van der Waals surface area (Å²) in [6, 6.07) is 7.25. The fourth-order valence-corrected chi connectivity index (χ4v) is 1.42. The molecule has 7 nitrogen and oxygen atoms in total. The highest BCUT2D eigenvalue weighted by Crippen LogP contribution is 2.20. The first-order valence-electron chi connectivity index (χ1n) is 5.73. The molecule has 1 aromatic carbocycles. The molecule has 0 radical (unpaired) electrons. The third kappa shape index (κ3) is 2.76. The summed E-state index contributed by atoms with van der Waals surface area (Å²) in [6.07, 6.45) is 1.46. The van der Waals surface area contributed by atoms with Crippen molar-refractivity contribution in [3.8, 4) is 5.69 Å². The monoisotopic (exact) mass is 261 g/mol. The van der Waals surface area contributed by atoms with E-state index in [9.17, 15) is 4.79 Å². The van der Waals surface area contributed by atoms with Gasteiger partial charge in [0.25, 0.3) is 5.91 Å². The molecule has 100 valence electrons. The first-order chi connectivity index (χ1) is 9.04. The third-order valence-corrected chi connectivity index (χ3v) is 2.81. The number of anilines is 1. The lowest BCUT2D eigenvalue weighted by molar-refractivity contribution is -0.133. The standard InChI is InChI=1S/C12H15N5O2/c1-12(2,19-3)11(18)14-9-6-4-5-7-10(9)17-8-13-15-16-17/h4-8H,1-3H3,(H,14,18). The Kier molecular flexibility index (Phi) is 3.57. The van der Waals surface area contributed by atoms with E-state index >= 15 is 0 Å². The van der Waals surface area contributed by atoms with Gasteiger partial charge in [0.15, 0.2) is 0 Å². The lowest BCUT2D eigenvalue weighted by Crippen LogP contribution is -2.39. The zero-order chi connectivity index (χ0) is 13.9. The minimum absolute atomic E-state index is 0.240. The van der Waals surface area contributed by atoms with Crippen LogP contribution in [0.15, 0.2) is 30.6 Å². The Labute approximate surface area is 110 Å². The van der Waals surface area contributed by atoms with Crippen LogP contribution < -0.4 is 5.32 Å². The van der Waals surface area contributed by atoms with E-state index in [1.807, 2.05) is 18.2 Å². The normalized spacial score (nSPS) is 11.3. The predicted octanol–water partition coefficient (Wildman–Crippen LogP) is 1.03. The molecule has 0 aliphatic carbocycles. The summed E-state index contributed by atoms with van der Waals surface area (Å²) >= 11 is 0. The summed E-state index contributed by atoms with van der Waals surface area (Å²) in [5.74, 6) is -0.240. The maximum atomic E-state index is 12.1. The fourth-order valence-electron chi connectivity index (χ4n) is 1.42. The van der Waals surface area contributed by atoms with Gasteiger partial charge in [-0.1, -0.05) is 12.1 Å². The van der Waals surface area contributed by atoms with Gasteiger partial charge in [-0.3, -0.25) is 4.79 Å². The van der Waals surface area contributed by atoms with E-state index in [4.69, 9.17) is 4.74 Å². The Morgan fingerprint density at radius 1 is 1.37 bits per heavy atom. The molecule has 19 heavy (non-hydrogen) atoms. The second kappa shape index (κ2) is 5.15. The van der Waals surface area contributed by atoms with Crippen molar-refractivity contribution >= 4 is 11.6 Å². The topological polar surface area (TPSA) is 81.9 Å². The first-order valence-corrected chi connectivity index (χ1v) is 5.73. The Morgan fingerprint density at radius 3 is 2.74 bits per heavy atom. The van der Waals surface area contributed by atoms with Gasteiger partial charge in [-0.05, 0) is 36.4 Å². The van der Waals surface area contributed by atoms with Crippen LogP contribution in [0.25, 0.3) is 5.69 Å². The number of carbonyl (C=O) groups is 1. The van der Waals surface area contributed by atoms with Crippen molar-refractivity contribution in [1.82, 2.24) is 20.2 Å². The molecule has 1 aromatic heterocycles. The minimum Gasteiger partial charge on any atom is -0.369 e. The molecule has 0 saturated carbocycles. The number of carbonyl (C=O) groups excluding carboxylic acids is 1. The number of nitrogens with one attached hydrogen (secondary N) is 1. The van der Waals surface area contributed by atoms with E-state index in [-0.39, 0.29) is 5.91 Å². The van der Waals surface area contributed by atoms with E-state index in [0.717, 1.165) is 0 Å². The van der Waals surface area contributed by atoms with Crippen molar-refractivity contribution in [1.29, 1.82) is 0 Å². The highest BCUT2D eigenvalue weighted by Gasteiger charge is 2.27. The second-order valence-corrected chi connectivity index (χ2v) is 4.44. The van der Waals surface area contributed by atoms with Gasteiger partial charge in [-0.25, -0.2) is 0 Å². The van der Waals surface area contributed by atoms with Crippen LogP contribution in [0.3, 0.4) is 0 Å². The molecule has 2 aromatic rings. The van der Waals surface area contributed by atoms with Crippen LogP contribution in [-0.4, -0.2) is 38.8 Å². The molecule has 1 heterocycles. The summed E-state index contributed by atoms with van der Waals surface area (Å²) in [7, 11) is 1.49. The maximum absolute atomic E-state index is 12.1. The van der Waals surface area contributed by atoms with Gasteiger partial charge in [-0.15, -0.1) is 5.10 Å². The van der Waals surface area contributed by atoms with E-state index in [0.29, 0.717) is 11.4 Å². The van der Waals surface area contributed by atoms with E-state index < -0.39 is 5.60 Å². The molecule has 0 saturated heterocycles. The van der Waals surface area contributed by atoms with Crippen LogP contribution >= 0.6 is 0 Å². The number of para-hydroxylation sites is 2. The third-order valence-electron chi connectivity index (χ3n) is 2.81. The molecule has 1 N–H and O–H groups in total. The number of ether oxygens (including phenoxy) is 1. The first kappa shape index (κ1) is 13.2. The van der Waals surface area contributed by atoms with Crippen LogP contribution in [0.4, 0.5) is 5.69 Å². The highest BCUT2D eigenvalue weighted by molar-refractivity contribution is 5.98. The van der Waals surface area contributed by atoms with Crippen LogP contribution in [0.1, 0.15) is 13.8 Å². The average Bonchev–Trinajstić information content (AvgIpc) is 2.93. The summed E-state index contributed by atoms with van der Waals surface area (Å²) in [4.78, 5) is 12.1. The van der Waals surface area contributed by atoms with Crippen LogP contribution in [-0.2, 0) is 9.53 Å². The van der Waals surface area contributed by atoms with Crippen molar-refractivity contribution < 1.29 is 9.53 Å². The van der Waals surface area contributed by atoms with Crippen LogP contribution in [0, 0.1) is 0 Å². The summed E-state index contributed by atoms with van der Waals surface area (Å²) in [5.41, 5.74) is 0.394. The van der Waals surface area contributed by atoms with Crippen LogP contribution in [0.2, 0.25) is 0 Å². The Hall–Kier alpha value is -2.28. The lowest BCUT2D eigenvalue weighted by atomic mass is 10.1. The predicted molar refractivity (Wildman–Crippen MR) is 68.9 cm³/mol. The summed E-state index contributed by atoms with van der Waals surface area (Å²) in [6.45, 7) is 3.39. The molecule has 0 atom stereocenters. The van der Waals surface area contributed by atoms with Crippen molar-refractivity contribution in [3.05, 3.63) is 30.6 Å². The number of methoxy groups -OCH3 is 1. The van der Waals surface area contributed by atoms with Gasteiger partial charge in [0, 0.05) is 7.11 Å². The lowest BCUT2D eigenvalue weighted by Gasteiger charge is -2.22. The van der Waals surface area contributed by atoms with Gasteiger partial charge >= 0.3 is 0 Å². The van der Waals surface area contributed by atoms with Gasteiger partial charge < -0.3 is 10.1 Å². The van der Waals surface area contributed by atoms with Gasteiger partial charge in [-0.2, -0.15) is 4.68 Å². The summed E-state index contributed by atoms with van der Waals surface area (Å²) in [5, 5.41) is 13.8. The van der Waals surface area contributed by atoms with Crippen LogP contribution in [0.5, 0.6) is 0 Å². The van der Waals surface area contributed by atoms with Gasteiger partial charge in [0.05, 0.1) is 11.4 Å². The number of nitrogens with zero attached hydrogens (tertiary/aromatic N) is 4.